The van der Waals surface area contributed by atoms with Crippen molar-refractivity contribution < 1.29 is 19.1 Å². The van der Waals surface area contributed by atoms with Crippen LogP contribution in [0.4, 0.5) is 0 Å². The van der Waals surface area contributed by atoms with E-state index in [9.17, 15) is 9.59 Å². The molecule has 0 bridgehead atoms. The van der Waals surface area contributed by atoms with E-state index in [1.807, 2.05) is 0 Å². The summed E-state index contributed by atoms with van der Waals surface area (Å²) in [6.07, 6.45) is -0.720. The summed E-state index contributed by atoms with van der Waals surface area (Å²) in [6, 6.07) is 0. The van der Waals surface area contributed by atoms with Gasteiger partial charge in [0.25, 0.3) is 0 Å². The standard InChI is InChI=1S/C14H28O4Si/c1-10(15)14(5,6)11(9-12(16)17)18-19(7,8)13(2,3)4/h11H,9H2,1-8H3,(H,16,17)/t11-/m0/s1. The SMILES string of the molecule is CC(=O)C(C)(C)[C@H](CC(=O)O)O[Si](C)(C)C(C)(C)C. The highest BCUT2D eigenvalue weighted by Crippen LogP contribution is 2.40. The Bertz CT molecular complexity index is 353. The summed E-state index contributed by atoms with van der Waals surface area (Å²) in [6.45, 7) is 15.4. The molecule has 0 aromatic carbocycles. The van der Waals surface area contributed by atoms with Gasteiger partial charge in [-0.1, -0.05) is 34.6 Å². The third-order valence-corrected chi connectivity index (χ3v) is 8.80. The van der Waals surface area contributed by atoms with E-state index in [4.69, 9.17) is 9.53 Å². The second-order valence-electron chi connectivity index (χ2n) is 7.24. The second kappa shape index (κ2) is 5.75. The molecule has 1 N–H and O–H groups in total. The van der Waals surface area contributed by atoms with Gasteiger partial charge in [-0.15, -0.1) is 0 Å². The molecule has 0 aromatic heterocycles. The molecule has 4 nitrogen and oxygen atoms in total. The molecule has 0 radical (unpaired) electrons. The van der Waals surface area contributed by atoms with Crippen molar-refractivity contribution in [2.24, 2.45) is 5.41 Å². The molecular weight excluding hydrogens is 260 g/mol. The Balaban J connectivity index is 5.31. The van der Waals surface area contributed by atoms with Gasteiger partial charge in [-0.25, -0.2) is 0 Å². The van der Waals surface area contributed by atoms with Crippen LogP contribution in [0.25, 0.3) is 0 Å². The normalized spacial score (nSPS) is 15.2. The second-order valence-corrected chi connectivity index (χ2v) is 12.0. The highest BCUT2D eigenvalue weighted by atomic mass is 28.4. The molecule has 0 saturated heterocycles. The van der Waals surface area contributed by atoms with E-state index < -0.39 is 25.8 Å². The minimum Gasteiger partial charge on any atom is -0.481 e. The van der Waals surface area contributed by atoms with E-state index in [2.05, 4.69) is 33.9 Å². The van der Waals surface area contributed by atoms with E-state index in [0.29, 0.717) is 0 Å². The summed E-state index contributed by atoms with van der Waals surface area (Å²) < 4.78 is 6.18. The number of carbonyl (C=O) groups excluding carboxylic acids is 1. The number of carboxylic acid groups (broad SMARTS) is 1. The first-order chi connectivity index (χ1) is 8.22. The monoisotopic (exact) mass is 288 g/mol. The molecule has 0 rings (SSSR count). The summed E-state index contributed by atoms with van der Waals surface area (Å²) in [5.74, 6) is -0.976. The van der Waals surface area contributed by atoms with E-state index >= 15 is 0 Å². The number of aliphatic carboxylic acids is 1. The molecule has 0 spiro atoms. The van der Waals surface area contributed by atoms with E-state index in [1.54, 1.807) is 13.8 Å². The van der Waals surface area contributed by atoms with Crippen molar-refractivity contribution in [2.75, 3.05) is 0 Å². The Labute approximate surface area is 117 Å². The fourth-order valence-corrected chi connectivity index (χ4v) is 2.80. The third kappa shape index (κ3) is 4.73. The van der Waals surface area contributed by atoms with Crippen LogP contribution in [0, 0.1) is 5.41 Å². The van der Waals surface area contributed by atoms with Crippen LogP contribution in [0.3, 0.4) is 0 Å². The third-order valence-electron chi connectivity index (χ3n) is 4.32. The van der Waals surface area contributed by atoms with Gasteiger partial charge in [0.15, 0.2) is 8.32 Å². The maximum Gasteiger partial charge on any atom is 0.305 e. The first kappa shape index (κ1) is 18.3. The number of hydrogen-bond donors (Lipinski definition) is 1. The molecule has 0 amide bonds. The Morgan fingerprint density at radius 2 is 1.58 bits per heavy atom. The van der Waals surface area contributed by atoms with Crippen molar-refractivity contribution in [3.63, 3.8) is 0 Å². The number of Topliss-reactive ketones (excluding diaryl/α,β-unsaturated/α-hetero) is 1. The fourth-order valence-electron chi connectivity index (χ4n) is 1.36. The Kier molecular flexibility index (Phi) is 5.54. The Morgan fingerprint density at radius 3 is 1.84 bits per heavy atom. The van der Waals surface area contributed by atoms with Gasteiger partial charge in [-0.05, 0) is 25.1 Å². The molecule has 112 valence electrons. The average Bonchev–Trinajstić information content (AvgIpc) is 2.13. The molecule has 0 aliphatic rings. The van der Waals surface area contributed by atoms with Crippen LogP contribution in [0.1, 0.15) is 48.0 Å². The van der Waals surface area contributed by atoms with Crippen LogP contribution in [0.5, 0.6) is 0 Å². The zero-order valence-corrected chi connectivity index (χ0v) is 14.5. The molecule has 1 atom stereocenters. The van der Waals surface area contributed by atoms with E-state index in [1.165, 1.54) is 6.92 Å². The summed E-state index contributed by atoms with van der Waals surface area (Å²) >= 11 is 0. The smallest absolute Gasteiger partial charge is 0.305 e. The van der Waals surface area contributed by atoms with Crippen molar-refractivity contribution in [2.45, 2.75) is 72.2 Å². The topological polar surface area (TPSA) is 63.6 Å². The van der Waals surface area contributed by atoms with Gasteiger partial charge in [0.1, 0.15) is 5.78 Å². The fraction of sp³-hybridized carbons (Fsp3) is 0.857. The molecular formula is C14H28O4Si. The predicted octanol–water partition coefficient (Wildman–Crippen LogP) is 3.47. The largest absolute Gasteiger partial charge is 0.481 e. The minimum atomic E-state index is -2.11. The lowest BCUT2D eigenvalue weighted by Gasteiger charge is -2.43. The van der Waals surface area contributed by atoms with Gasteiger partial charge in [-0.3, -0.25) is 9.59 Å². The maximum atomic E-state index is 11.8. The molecule has 0 aliphatic carbocycles. The first-order valence-corrected chi connectivity index (χ1v) is 9.53. The highest BCUT2D eigenvalue weighted by molar-refractivity contribution is 6.74. The Hall–Kier alpha value is -0.683. The van der Waals surface area contributed by atoms with Gasteiger partial charge in [0, 0.05) is 5.41 Å². The van der Waals surface area contributed by atoms with Gasteiger partial charge in [0.2, 0.25) is 0 Å². The van der Waals surface area contributed by atoms with Crippen molar-refractivity contribution in [3.05, 3.63) is 0 Å². The maximum absolute atomic E-state index is 11.8. The summed E-state index contributed by atoms with van der Waals surface area (Å²) in [7, 11) is -2.11. The van der Waals surface area contributed by atoms with Crippen molar-refractivity contribution in [3.8, 4) is 0 Å². The van der Waals surface area contributed by atoms with Gasteiger partial charge < -0.3 is 9.53 Å². The van der Waals surface area contributed by atoms with E-state index in [0.717, 1.165) is 0 Å². The van der Waals surface area contributed by atoms with Crippen molar-refractivity contribution >= 4 is 20.1 Å². The molecule has 0 heterocycles. The zero-order chi connectivity index (χ0) is 15.6. The highest BCUT2D eigenvalue weighted by Gasteiger charge is 2.44. The lowest BCUT2D eigenvalue weighted by molar-refractivity contribution is -0.142. The average molecular weight is 288 g/mol. The van der Waals surface area contributed by atoms with Crippen LogP contribution in [0.2, 0.25) is 18.1 Å². The summed E-state index contributed by atoms with van der Waals surface area (Å²) in [5, 5.41) is 9.04. The van der Waals surface area contributed by atoms with Gasteiger partial charge in [-0.2, -0.15) is 0 Å². The van der Waals surface area contributed by atoms with Crippen molar-refractivity contribution in [1.29, 1.82) is 0 Å². The van der Waals surface area contributed by atoms with Gasteiger partial charge >= 0.3 is 5.97 Å². The van der Waals surface area contributed by atoms with Crippen LogP contribution >= 0.6 is 0 Å². The number of rotatable bonds is 6. The molecule has 5 heteroatoms. The number of ketones is 1. The lowest BCUT2D eigenvalue weighted by Crippen LogP contribution is -2.50. The quantitative estimate of drug-likeness (QED) is 0.760. The minimum absolute atomic E-state index is 0.0172. The molecule has 0 fully saturated rings. The molecule has 0 aromatic rings. The summed E-state index contributed by atoms with van der Waals surface area (Å²) in [4.78, 5) is 22.8. The zero-order valence-electron chi connectivity index (χ0n) is 13.5. The number of carbonyl (C=O) groups is 2. The molecule has 19 heavy (non-hydrogen) atoms. The van der Waals surface area contributed by atoms with E-state index in [-0.39, 0.29) is 17.2 Å². The summed E-state index contributed by atoms with van der Waals surface area (Å²) in [5.41, 5.74) is -0.784. The van der Waals surface area contributed by atoms with Gasteiger partial charge in [0.05, 0.1) is 12.5 Å². The van der Waals surface area contributed by atoms with Crippen LogP contribution in [-0.4, -0.2) is 31.3 Å². The Morgan fingerprint density at radius 1 is 1.16 bits per heavy atom. The van der Waals surface area contributed by atoms with Crippen LogP contribution in [0.15, 0.2) is 0 Å². The predicted molar refractivity (Wildman–Crippen MR) is 78.8 cm³/mol. The molecule has 0 saturated carbocycles. The van der Waals surface area contributed by atoms with Crippen LogP contribution < -0.4 is 0 Å². The molecule has 0 aliphatic heterocycles. The van der Waals surface area contributed by atoms with Crippen LogP contribution in [-0.2, 0) is 14.0 Å². The number of carboxylic acids is 1. The number of hydrogen-bond acceptors (Lipinski definition) is 3. The molecule has 0 unspecified atom stereocenters. The lowest BCUT2D eigenvalue weighted by atomic mass is 9.81. The first-order valence-electron chi connectivity index (χ1n) is 6.62. The van der Waals surface area contributed by atoms with Crippen molar-refractivity contribution in [1.82, 2.24) is 0 Å².